The minimum Gasteiger partial charge on any atom is -0.482 e. The van der Waals surface area contributed by atoms with Crippen LogP contribution in [0.15, 0.2) is 42.6 Å². The number of nitrogens with zero attached hydrogens (tertiary/aromatic N) is 1. The lowest BCUT2D eigenvalue weighted by Crippen LogP contribution is -2.28. The van der Waals surface area contributed by atoms with Crippen molar-refractivity contribution in [1.82, 2.24) is 10.3 Å². The van der Waals surface area contributed by atoms with Crippen LogP contribution in [0.1, 0.15) is 11.3 Å². The maximum Gasteiger partial charge on any atom is 0.258 e. The SMILES string of the molecule is Cc1ccc(OCC(=O)NCc2ccc(Cl)cc2)cn1. The molecule has 2 aromatic rings. The molecular formula is C15H15ClN2O2. The Balaban J connectivity index is 1.75. The number of aromatic nitrogens is 1. The first kappa shape index (κ1) is 14.3. The molecule has 0 spiro atoms. The quantitative estimate of drug-likeness (QED) is 0.921. The van der Waals surface area contributed by atoms with Gasteiger partial charge in [-0.15, -0.1) is 0 Å². The van der Waals surface area contributed by atoms with Gasteiger partial charge in [0.15, 0.2) is 6.61 Å². The summed E-state index contributed by atoms with van der Waals surface area (Å²) in [7, 11) is 0. The highest BCUT2D eigenvalue weighted by Gasteiger charge is 2.03. The molecule has 0 fully saturated rings. The Kier molecular flexibility index (Phi) is 4.96. The summed E-state index contributed by atoms with van der Waals surface area (Å²) in [5.74, 6) is 0.401. The van der Waals surface area contributed by atoms with Gasteiger partial charge in [0.1, 0.15) is 5.75 Å². The first-order chi connectivity index (χ1) is 9.63. The van der Waals surface area contributed by atoms with Gasteiger partial charge in [-0.1, -0.05) is 23.7 Å². The summed E-state index contributed by atoms with van der Waals surface area (Å²) in [4.78, 5) is 15.7. The van der Waals surface area contributed by atoms with E-state index in [9.17, 15) is 4.79 Å². The standard InChI is InChI=1S/C15H15ClN2O2/c1-11-2-7-14(9-17-11)20-10-15(19)18-8-12-3-5-13(16)6-4-12/h2-7,9H,8,10H2,1H3,(H,18,19). The van der Waals surface area contributed by atoms with Gasteiger partial charge in [0.25, 0.3) is 5.91 Å². The van der Waals surface area contributed by atoms with Gasteiger partial charge >= 0.3 is 0 Å². The van der Waals surface area contributed by atoms with Crippen LogP contribution in [-0.2, 0) is 11.3 Å². The minimum absolute atomic E-state index is 0.0294. The van der Waals surface area contributed by atoms with E-state index >= 15 is 0 Å². The second-order valence-electron chi connectivity index (χ2n) is 4.33. The summed E-state index contributed by atoms with van der Waals surface area (Å²) in [5, 5.41) is 3.45. The number of pyridine rings is 1. The Bertz CT molecular complexity index is 516. The smallest absolute Gasteiger partial charge is 0.258 e. The fourth-order valence-electron chi connectivity index (χ4n) is 1.54. The predicted molar refractivity (Wildman–Crippen MR) is 77.8 cm³/mol. The zero-order valence-electron chi connectivity index (χ0n) is 11.1. The summed E-state index contributed by atoms with van der Waals surface area (Å²) in [6.45, 7) is 2.31. The van der Waals surface area contributed by atoms with Crippen LogP contribution in [-0.4, -0.2) is 17.5 Å². The van der Waals surface area contributed by atoms with Crippen LogP contribution in [0.4, 0.5) is 0 Å². The highest BCUT2D eigenvalue weighted by molar-refractivity contribution is 6.30. The van der Waals surface area contributed by atoms with Crippen molar-refractivity contribution < 1.29 is 9.53 Å². The van der Waals surface area contributed by atoms with Crippen LogP contribution in [0, 0.1) is 6.92 Å². The number of amides is 1. The third-order valence-electron chi connectivity index (χ3n) is 2.66. The van der Waals surface area contributed by atoms with Gasteiger partial charge in [0.2, 0.25) is 0 Å². The van der Waals surface area contributed by atoms with Gasteiger partial charge in [-0.3, -0.25) is 9.78 Å². The molecule has 0 aliphatic heterocycles. The first-order valence-electron chi connectivity index (χ1n) is 6.20. The number of hydrogen-bond acceptors (Lipinski definition) is 3. The summed E-state index contributed by atoms with van der Waals surface area (Å²) in [5.41, 5.74) is 1.89. The van der Waals surface area contributed by atoms with Gasteiger partial charge in [-0.25, -0.2) is 0 Å². The molecule has 1 amide bonds. The highest BCUT2D eigenvalue weighted by Crippen LogP contribution is 2.09. The molecule has 0 aliphatic carbocycles. The van der Waals surface area contributed by atoms with Crippen LogP contribution in [0.3, 0.4) is 0 Å². The Morgan fingerprint density at radius 3 is 2.65 bits per heavy atom. The number of halogens is 1. The lowest BCUT2D eigenvalue weighted by Gasteiger charge is -2.07. The van der Waals surface area contributed by atoms with Crippen molar-refractivity contribution in [2.45, 2.75) is 13.5 Å². The summed E-state index contributed by atoms with van der Waals surface area (Å²) >= 11 is 5.79. The molecule has 2 rings (SSSR count). The number of benzene rings is 1. The Labute approximate surface area is 122 Å². The molecule has 1 aromatic carbocycles. The van der Waals surface area contributed by atoms with E-state index in [4.69, 9.17) is 16.3 Å². The molecule has 4 nitrogen and oxygen atoms in total. The van der Waals surface area contributed by atoms with E-state index in [1.54, 1.807) is 24.4 Å². The molecule has 0 unspecified atom stereocenters. The van der Waals surface area contributed by atoms with Crippen molar-refractivity contribution in [2.75, 3.05) is 6.61 Å². The van der Waals surface area contributed by atoms with E-state index in [2.05, 4.69) is 10.3 Å². The molecule has 0 bridgehead atoms. The first-order valence-corrected chi connectivity index (χ1v) is 6.58. The van der Waals surface area contributed by atoms with E-state index in [-0.39, 0.29) is 12.5 Å². The number of carbonyl (C=O) groups is 1. The zero-order chi connectivity index (χ0) is 14.4. The van der Waals surface area contributed by atoms with Gasteiger partial charge in [-0.2, -0.15) is 0 Å². The van der Waals surface area contributed by atoms with Crippen molar-refractivity contribution in [3.63, 3.8) is 0 Å². The van der Waals surface area contributed by atoms with Crippen molar-refractivity contribution in [1.29, 1.82) is 0 Å². The van der Waals surface area contributed by atoms with Gasteiger partial charge in [0.05, 0.1) is 6.20 Å². The fraction of sp³-hybridized carbons (Fsp3) is 0.200. The van der Waals surface area contributed by atoms with E-state index in [1.165, 1.54) is 0 Å². The molecule has 5 heteroatoms. The van der Waals surface area contributed by atoms with E-state index in [1.807, 2.05) is 25.1 Å². The lowest BCUT2D eigenvalue weighted by atomic mass is 10.2. The third kappa shape index (κ3) is 4.55. The van der Waals surface area contributed by atoms with Crippen LogP contribution in [0.2, 0.25) is 5.02 Å². The molecule has 20 heavy (non-hydrogen) atoms. The van der Waals surface area contributed by atoms with E-state index in [0.29, 0.717) is 17.3 Å². The number of rotatable bonds is 5. The normalized spacial score (nSPS) is 10.1. The summed E-state index contributed by atoms with van der Waals surface area (Å²) in [6, 6.07) is 10.9. The second kappa shape index (κ2) is 6.91. The van der Waals surface area contributed by atoms with E-state index in [0.717, 1.165) is 11.3 Å². The van der Waals surface area contributed by atoms with Gasteiger partial charge in [0, 0.05) is 17.3 Å². The molecule has 1 N–H and O–H groups in total. The predicted octanol–water partition coefficient (Wildman–Crippen LogP) is 2.74. The molecule has 1 heterocycles. The average molecular weight is 291 g/mol. The maximum absolute atomic E-state index is 11.6. The van der Waals surface area contributed by atoms with E-state index < -0.39 is 0 Å². The van der Waals surface area contributed by atoms with Crippen LogP contribution in [0.25, 0.3) is 0 Å². The van der Waals surface area contributed by atoms with Gasteiger partial charge in [-0.05, 0) is 36.8 Å². The summed E-state index contributed by atoms with van der Waals surface area (Å²) < 4.78 is 5.33. The molecule has 1 aromatic heterocycles. The highest BCUT2D eigenvalue weighted by atomic mass is 35.5. The van der Waals surface area contributed by atoms with Crippen molar-refractivity contribution in [3.8, 4) is 5.75 Å². The molecule has 0 radical (unpaired) electrons. The third-order valence-corrected chi connectivity index (χ3v) is 2.91. The topological polar surface area (TPSA) is 51.2 Å². The molecule has 0 aliphatic rings. The Hall–Kier alpha value is -2.07. The van der Waals surface area contributed by atoms with Gasteiger partial charge < -0.3 is 10.1 Å². The number of hydrogen-bond donors (Lipinski definition) is 1. The fourth-order valence-corrected chi connectivity index (χ4v) is 1.67. The molecule has 0 saturated carbocycles. The Morgan fingerprint density at radius 2 is 2.00 bits per heavy atom. The molecule has 0 saturated heterocycles. The Morgan fingerprint density at radius 1 is 1.25 bits per heavy atom. The lowest BCUT2D eigenvalue weighted by molar-refractivity contribution is -0.123. The molecule has 0 atom stereocenters. The van der Waals surface area contributed by atoms with Crippen LogP contribution >= 0.6 is 11.6 Å². The number of aryl methyl sites for hydroxylation is 1. The van der Waals surface area contributed by atoms with Crippen LogP contribution in [0.5, 0.6) is 5.75 Å². The van der Waals surface area contributed by atoms with Crippen molar-refractivity contribution >= 4 is 17.5 Å². The average Bonchev–Trinajstić information content (AvgIpc) is 2.46. The second-order valence-corrected chi connectivity index (χ2v) is 4.76. The van der Waals surface area contributed by atoms with Crippen LogP contribution < -0.4 is 10.1 Å². The van der Waals surface area contributed by atoms with Crippen molar-refractivity contribution in [2.24, 2.45) is 0 Å². The summed E-state index contributed by atoms with van der Waals surface area (Å²) in [6.07, 6.45) is 1.60. The number of ether oxygens (including phenoxy) is 1. The zero-order valence-corrected chi connectivity index (χ0v) is 11.9. The molecular weight excluding hydrogens is 276 g/mol. The minimum atomic E-state index is -0.180. The monoisotopic (exact) mass is 290 g/mol. The number of nitrogens with one attached hydrogen (secondary N) is 1. The molecule has 104 valence electrons. The largest absolute Gasteiger partial charge is 0.482 e. The number of carbonyl (C=O) groups excluding carboxylic acids is 1. The maximum atomic E-state index is 11.6. The van der Waals surface area contributed by atoms with Crippen molar-refractivity contribution in [3.05, 3.63) is 58.9 Å².